The summed E-state index contributed by atoms with van der Waals surface area (Å²) in [7, 11) is 0. The number of amides is 1. The molecule has 0 aliphatic carbocycles. The number of nitrogens with one attached hydrogen (secondary N) is 1. The molecule has 5 heteroatoms. The molecular formula is C11H9FN2O2. The minimum absolute atomic E-state index is 0.297. The van der Waals surface area contributed by atoms with Gasteiger partial charge in [-0.25, -0.2) is 9.37 Å². The second-order valence-electron chi connectivity index (χ2n) is 3.26. The molecule has 16 heavy (non-hydrogen) atoms. The van der Waals surface area contributed by atoms with E-state index in [4.69, 9.17) is 4.42 Å². The van der Waals surface area contributed by atoms with E-state index in [1.54, 1.807) is 13.0 Å². The van der Waals surface area contributed by atoms with Crippen molar-refractivity contribution in [3.8, 4) is 0 Å². The Morgan fingerprint density at radius 3 is 2.88 bits per heavy atom. The third-order valence-corrected chi connectivity index (χ3v) is 1.96. The number of anilines is 1. The molecule has 1 amide bonds. The van der Waals surface area contributed by atoms with Crippen LogP contribution in [0.3, 0.4) is 0 Å². The van der Waals surface area contributed by atoms with Gasteiger partial charge in [0.1, 0.15) is 23.7 Å². The Hall–Kier alpha value is -2.17. The summed E-state index contributed by atoms with van der Waals surface area (Å²) in [5.74, 6) is 0.163. The second kappa shape index (κ2) is 4.14. The highest BCUT2D eigenvalue weighted by Gasteiger charge is 2.09. The molecule has 82 valence electrons. The SMILES string of the molecule is Cc1cc(C(=O)Nc2ccc(F)cn2)co1. The molecule has 2 aromatic rings. The van der Waals surface area contributed by atoms with Gasteiger partial charge in [-0.15, -0.1) is 0 Å². The molecule has 0 saturated carbocycles. The van der Waals surface area contributed by atoms with Crippen molar-refractivity contribution in [1.29, 1.82) is 0 Å². The second-order valence-corrected chi connectivity index (χ2v) is 3.26. The summed E-state index contributed by atoms with van der Waals surface area (Å²) in [6.07, 6.45) is 2.39. The molecule has 0 aliphatic heterocycles. The van der Waals surface area contributed by atoms with Crippen molar-refractivity contribution in [3.05, 3.63) is 47.8 Å². The van der Waals surface area contributed by atoms with Gasteiger partial charge in [0, 0.05) is 0 Å². The van der Waals surface area contributed by atoms with E-state index in [9.17, 15) is 9.18 Å². The van der Waals surface area contributed by atoms with E-state index in [-0.39, 0.29) is 5.91 Å². The van der Waals surface area contributed by atoms with Gasteiger partial charge in [-0.1, -0.05) is 0 Å². The van der Waals surface area contributed by atoms with Gasteiger partial charge in [-0.05, 0) is 25.1 Å². The molecule has 0 aromatic carbocycles. The van der Waals surface area contributed by atoms with Gasteiger partial charge >= 0.3 is 0 Å². The smallest absolute Gasteiger partial charge is 0.260 e. The quantitative estimate of drug-likeness (QED) is 0.845. The Kier molecular flexibility index (Phi) is 2.68. The Morgan fingerprint density at radius 2 is 2.31 bits per heavy atom. The van der Waals surface area contributed by atoms with E-state index in [1.807, 2.05) is 0 Å². The largest absolute Gasteiger partial charge is 0.469 e. The Labute approximate surface area is 91.1 Å². The highest BCUT2D eigenvalue weighted by atomic mass is 19.1. The molecule has 0 atom stereocenters. The molecule has 0 bridgehead atoms. The van der Waals surface area contributed by atoms with E-state index in [2.05, 4.69) is 10.3 Å². The first-order valence-electron chi connectivity index (χ1n) is 4.63. The number of hydrogen-bond acceptors (Lipinski definition) is 3. The van der Waals surface area contributed by atoms with Gasteiger partial charge < -0.3 is 9.73 Å². The first-order chi connectivity index (χ1) is 7.65. The summed E-state index contributed by atoms with van der Waals surface area (Å²) in [6, 6.07) is 4.22. The molecular weight excluding hydrogens is 211 g/mol. The van der Waals surface area contributed by atoms with Crippen LogP contribution in [0.2, 0.25) is 0 Å². The van der Waals surface area contributed by atoms with Crippen molar-refractivity contribution < 1.29 is 13.6 Å². The maximum absolute atomic E-state index is 12.6. The minimum atomic E-state index is -0.447. The lowest BCUT2D eigenvalue weighted by Crippen LogP contribution is -2.11. The number of rotatable bonds is 2. The third kappa shape index (κ3) is 2.25. The number of nitrogens with zero attached hydrogens (tertiary/aromatic N) is 1. The normalized spacial score (nSPS) is 10.1. The van der Waals surface area contributed by atoms with Crippen LogP contribution in [-0.2, 0) is 0 Å². The van der Waals surface area contributed by atoms with E-state index in [1.165, 1.54) is 18.4 Å². The molecule has 2 heterocycles. The molecule has 0 radical (unpaired) electrons. The van der Waals surface area contributed by atoms with Crippen molar-refractivity contribution in [3.63, 3.8) is 0 Å². The Bertz CT molecular complexity index is 505. The number of aryl methyl sites for hydroxylation is 1. The zero-order chi connectivity index (χ0) is 11.5. The molecule has 0 unspecified atom stereocenters. The van der Waals surface area contributed by atoms with Gasteiger partial charge in [0.25, 0.3) is 5.91 Å². The van der Waals surface area contributed by atoms with Crippen LogP contribution in [0.5, 0.6) is 0 Å². The van der Waals surface area contributed by atoms with Crippen molar-refractivity contribution in [1.82, 2.24) is 4.98 Å². The Balaban J connectivity index is 2.10. The van der Waals surface area contributed by atoms with Crippen molar-refractivity contribution >= 4 is 11.7 Å². The zero-order valence-corrected chi connectivity index (χ0v) is 8.53. The summed E-state index contributed by atoms with van der Waals surface area (Å²) in [5.41, 5.74) is 0.406. The molecule has 0 fully saturated rings. The summed E-state index contributed by atoms with van der Waals surface area (Å²) in [4.78, 5) is 15.3. The van der Waals surface area contributed by atoms with Crippen molar-refractivity contribution in [2.75, 3.05) is 5.32 Å². The number of halogens is 1. The fourth-order valence-electron chi connectivity index (χ4n) is 1.20. The number of pyridine rings is 1. The molecule has 2 aromatic heterocycles. The van der Waals surface area contributed by atoms with Crippen LogP contribution in [0.25, 0.3) is 0 Å². The summed E-state index contributed by atoms with van der Waals surface area (Å²) >= 11 is 0. The molecule has 0 aliphatic rings. The van der Waals surface area contributed by atoms with Gasteiger partial charge in [-0.3, -0.25) is 4.79 Å². The van der Waals surface area contributed by atoms with E-state index < -0.39 is 5.82 Å². The molecule has 0 spiro atoms. The van der Waals surface area contributed by atoms with E-state index >= 15 is 0 Å². The predicted octanol–water partition coefficient (Wildman–Crippen LogP) is 2.37. The van der Waals surface area contributed by atoms with Gasteiger partial charge in [0.2, 0.25) is 0 Å². The average Bonchev–Trinajstić information content (AvgIpc) is 2.68. The fourth-order valence-corrected chi connectivity index (χ4v) is 1.20. The number of furan rings is 1. The summed E-state index contributed by atoms with van der Waals surface area (Å²) in [5, 5.41) is 2.52. The number of carbonyl (C=O) groups is 1. The van der Waals surface area contributed by atoms with E-state index in [0.29, 0.717) is 17.1 Å². The van der Waals surface area contributed by atoms with Gasteiger partial charge in [0.15, 0.2) is 0 Å². The highest BCUT2D eigenvalue weighted by Crippen LogP contribution is 2.09. The average molecular weight is 220 g/mol. The topological polar surface area (TPSA) is 55.1 Å². The first kappa shape index (κ1) is 10.4. The van der Waals surface area contributed by atoms with Crippen LogP contribution in [-0.4, -0.2) is 10.9 Å². The third-order valence-electron chi connectivity index (χ3n) is 1.96. The predicted molar refractivity (Wildman–Crippen MR) is 55.6 cm³/mol. The number of carbonyl (C=O) groups excluding carboxylic acids is 1. The van der Waals surface area contributed by atoms with E-state index in [0.717, 1.165) is 6.20 Å². The van der Waals surface area contributed by atoms with Crippen LogP contribution in [0.15, 0.2) is 35.1 Å². The van der Waals surface area contributed by atoms with Crippen LogP contribution in [0.1, 0.15) is 16.1 Å². The van der Waals surface area contributed by atoms with Crippen molar-refractivity contribution in [2.24, 2.45) is 0 Å². The Morgan fingerprint density at radius 1 is 1.50 bits per heavy atom. The monoisotopic (exact) mass is 220 g/mol. The molecule has 4 nitrogen and oxygen atoms in total. The molecule has 1 N–H and O–H groups in total. The van der Waals surface area contributed by atoms with Gasteiger partial charge in [-0.2, -0.15) is 0 Å². The lowest BCUT2D eigenvalue weighted by Gasteiger charge is -2.01. The fraction of sp³-hybridized carbons (Fsp3) is 0.0909. The minimum Gasteiger partial charge on any atom is -0.469 e. The number of hydrogen-bond donors (Lipinski definition) is 1. The van der Waals surface area contributed by atoms with Crippen LogP contribution >= 0.6 is 0 Å². The highest BCUT2D eigenvalue weighted by molar-refractivity contribution is 6.03. The van der Waals surface area contributed by atoms with Crippen LogP contribution in [0.4, 0.5) is 10.2 Å². The summed E-state index contributed by atoms with van der Waals surface area (Å²) < 4.78 is 17.6. The maximum Gasteiger partial charge on any atom is 0.260 e. The summed E-state index contributed by atoms with van der Waals surface area (Å²) in [6.45, 7) is 1.74. The number of aromatic nitrogens is 1. The van der Waals surface area contributed by atoms with Crippen LogP contribution in [0, 0.1) is 12.7 Å². The first-order valence-corrected chi connectivity index (χ1v) is 4.63. The lowest BCUT2D eigenvalue weighted by molar-refractivity contribution is 0.102. The lowest BCUT2D eigenvalue weighted by atomic mass is 10.3. The standard InChI is InChI=1S/C11H9FN2O2/c1-7-4-8(6-16-7)11(15)14-10-3-2-9(12)5-13-10/h2-6H,1H3,(H,13,14,15). The van der Waals surface area contributed by atoms with Crippen LogP contribution < -0.4 is 5.32 Å². The van der Waals surface area contributed by atoms with Crippen molar-refractivity contribution in [2.45, 2.75) is 6.92 Å². The molecule has 0 saturated heterocycles. The molecule has 2 rings (SSSR count). The zero-order valence-electron chi connectivity index (χ0n) is 8.53. The van der Waals surface area contributed by atoms with Gasteiger partial charge in [0.05, 0.1) is 11.8 Å². The maximum atomic E-state index is 12.6.